The third kappa shape index (κ3) is 3.15. The zero-order valence-electron chi connectivity index (χ0n) is 11.9. The van der Waals surface area contributed by atoms with Gasteiger partial charge in [0.1, 0.15) is 21.5 Å². The minimum atomic E-state index is -0.280. The van der Waals surface area contributed by atoms with Gasteiger partial charge in [-0.3, -0.25) is 4.79 Å². The smallest absolute Gasteiger partial charge is 0.263 e. The minimum Gasteiger partial charge on any atom is -0.396 e. The van der Waals surface area contributed by atoms with Crippen LogP contribution in [0.3, 0.4) is 0 Å². The molecule has 2 aromatic rings. The molecular formula is C15H16N4OS. The quantitative estimate of drug-likeness (QED) is 0.809. The molecule has 1 aromatic carbocycles. The van der Waals surface area contributed by atoms with Gasteiger partial charge in [-0.05, 0) is 12.5 Å². The molecule has 1 aromatic heterocycles. The summed E-state index contributed by atoms with van der Waals surface area (Å²) in [5.41, 5.74) is 8.70. The number of rotatable bonds is 4. The van der Waals surface area contributed by atoms with E-state index in [1.807, 2.05) is 25.1 Å². The molecule has 6 heteroatoms. The van der Waals surface area contributed by atoms with Crippen molar-refractivity contribution in [2.45, 2.75) is 13.5 Å². The summed E-state index contributed by atoms with van der Waals surface area (Å²) in [7, 11) is 1.54. The molecule has 0 radical (unpaired) electrons. The van der Waals surface area contributed by atoms with Crippen molar-refractivity contribution in [3.05, 3.63) is 45.8 Å². The van der Waals surface area contributed by atoms with Gasteiger partial charge in [0.2, 0.25) is 0 Å². The number of nitrogens with two attached hydrogens (primary N) is 1. The van der Waals surface area contributed by atoms with Crippen molar-refractivity contribution in [2.24, 2.45) is 0 Å². The highest BCUT2D eigenvalue weighted by Crippen LogP contribution is 2.35. The standard InChI is InChI=1S/C15H16N4OS/c1-9-4-3-5-10(6-9)8-19-15-11(7-16)12(17)13(21-15)14(20)18-2/h3-6,19H,8,17H2,1-2H3,(H,18,20). The minimum absolute atomic E-state index is 0.230. The van der Waals surface area contributed by atoms with E-state index >= 15 is 0 Å². The van der Waals surface area contributed by atoms with Gasteiger partial charge in [-0.25, -0.2) is 0 Å². The number of nitrogens with one attached hydrogen (secondary N) is 2. The van der Waals surface area contributed by atoms with Crippen LogP contribution in [0.2, 0.25) is 0 Å². The fourth-order valence-corrected chi connectivity index (χ4v) is 2.98. The van der Waals surface area contributed by atoms with Gasteiger partial charge in [-0.2, -0.15) is 5.26 Å². The molecule has 108 valence electrons. The monoisotopic (exact) mass is 300 g/mol. The fraction of sp³-hybridized carbons (Fsp3) is 0.200. The molecule has 1 heterocycles. The van der Waals surface area contributed by atoms with Gasteiger partial charge < -0.3 is 16.4 Å². The Kier molecular flexibility index (Phi) is 4.45. The van der Waals surface area contributed by atoms with Crippen molar-refractivity contribution in [3.8, 4) is 6.07 Å². The highest BCUT2D eigenvalue weighted by molar-refractivity contribution is 7.18. The first-order chi connectivity index (χ1) is 10.1. The van der Waals surface area contributed by atoms with E-state index in [1.54, 1.807) is 0 Å². The average Bonchev–Trinajstić information content (AvgIpc) is 2.80. The maximum atomic E-state index is 11.7. The van der Waals surface area contributed by atoms with Gasteiger partial charge in [0, 0.05) is 13.6 Å². The Balaban J connectivity index is 2.24. The van der Waals surface area contributed by atoms with E-state index in [0.717, 1.165) is 5.56 Å². The summed E-state index contributed by atoms with van der Waals surface area (Å²) >= 11 is 1.20. The SMILES string of the molecule is CNC(=O)c1sc(NCc2cccc(C)c2)c(C#N)c1N. The van der Waals surface area contributed by atoms with E-state index in [1.165, 1.54) is 23.9 Å². The highest BCUT2D eigenvalue weighted by Gasteiger charge is 2.20. The number of nitrogen functional groups attached to an aromatic ring is 1. The molecule has 0 saturated heterocycles. The fourth-order valence-electron chi connectivity index (χ4n) is 1.97. The molecular weight excluding hydrogens is 284 g/mol. The van der Waals surface area contributed by atoms with E-state index in [-0.39, 0.29) is 11.6 Å². The number of carbonyl (C=O) groups is 1. The van der Waals surface area contributed by atoms with Crippen molar-refractivity contribution in [1.82, 2.24) is 5.32 Å². The molecule has 5 nitrogen and oxygen atoms in total. The van der Waals surface area contributed by atoms with Crippen LogP contribution in [0.4, 0.5) is 10.7 Å². The van der Waals surface area contributed by atoms with Crippen LogP contribution in [0.1, 0.15) is 26.4 Å². The summed E-state index contributed by atoms with van der Waals surface area (Å²) in [5, 5.41) is 15.5. The largest absolute Gasteiger partial charge is 0.396 e. The van der Waals surface area contributed by atoms with Gasteiger partial charge >= 0.3 is 0 Å². The van der Waals surface area contributed by atoms with E-state index in [0.29, 0.717) is 22.0 Å². The van der Waals surface area contributed by atoms with Crippen LogP contribution in [-0.4, -0.2) is 13.0 Å². The van der Waals surface area contributed by atoms with Crippen LogP contribution in [0.5, 0.6) is 0 Å². The van der Waals surface area contributed by atoms with Crippen LogP contribution in [0.25, 0.3) is 0 Å². The highest BCUT2D eigenvalue weighted by atomic mass is 32.1. The molecule has 0 saturated carbocycles. The molecule has 21 heavy (non-hydrogen) atoms. The number of aryl methyl sites for hydroxylation is 1. The number of thiophene rings is 1. The molecule has 0 aliphatic rings. The van der Waals surface area contributed by atoms with Gasteiger partial charge in [0.25, 0.3) is 5.91 Å². The second kappa shape index (κ2) is 6.29. The lowest BCUT2D eigenvalue weighted by Gasteiger charge is -2.05. The lowest BCUT2D eigenvalue weighted by molar-refractivity contribution is 0.0968. The summed E-state index contributed by atoms with van der Waals surface area (Å²) in [6.45, 7) is 2.60. The Morgan fingerprint density at radius 3 is 2.86 bits per heavy atom. The summed E-state index contributed by atoms with van der Waals surface area (Å²) in [5.74, 6) is -0.280. The summed E-state index contributed by atoms with van der Waals surface area (Å²) in [6, 6.07) is 10.1. The first-order valence-corrected chi connectivity index (χ1v) is 7.22. The molecule has 0 aliphatic carbocycles. The van der Waals surface area contributed by atoms with E-state index in [2.05, 4.69) is 22.8 Å². The van der Waals surface area contributed by atoms with Crippen LogP contribution < -0.4 is 16.4 Å². The Labute approximate surface area is 127 Å². The van der Waals surface area contributed by atoms with E-state index in [4.69, 9.17) is 5.73 Å². The average molecular weight is 300 g/mol. The molecule has 0 fully saturated rings. The number of hydrogen-bond acceptors (Lipinski definition) is 5. The van der Waals surface area contributed by atoms with Crippen LogP contribution in [0, 0.1) is 18.3 Å². The Bertz CT molecular complexity index is 715. The number of nitrogens with zero attached hydrogens (tertiary/aromatic N) is 1. The van der Waals surface area contributed by atoms with Gasteiger partial charge in [0.15, 0.2) is 0 Å². The molecule has 0 spiro atoms. The molecule has 2 rings (SSSR count). The molecule has 0 atom stereocenters. The molecule has 0 aliphatic heterocycles. The van der Waals surface area contributed by atoms with Crippen molar-refractivity contribution >= 4 is 27.9 Å². The van der Waals surface area contributed by atoms with E-state index < -0.39 is 0 Å². The summed E-state index contributed by atoms with van der Waals surface area (Å²) < 4.78 is 0. The second-order valence-corrected chi connectivity index (χ2v) is 5.60. The Morgan fingerprint density at radius 1 is 1.48 bits per heavy atom. The topological polar surface area (TPSA) is 90.9 Å². The van der Waals surface area contributed by atoms with Crippen molar-refractivity contribution in [1.29, 1.82) is 5.26 Å². The number of nitriles is 1. The lowest BCUT2D eigenvalue weighted by atomic mass is 10.1. The molecule has 4 N–H and O–H groups in total. The second-order valence-electron chi connectivity index (χ2n) is 4.58. The first kappa shape index (κ1) is 14.9. The lowest BCUT2D eigenvalue weighted by Crippen LogP contribution is -2.17. The number of hydrogen-bond donors (Lipinski definition) is 3. The predicted molar refractivity (Wildman–Crippen MR) is 85.3 cm³/mol. The number of anilines is 2. The maximum absolute atomic E-state index is 11.7. The maximum Gasteiger partial charge on any atom is 0.263 e. The van der Waals surface area contributed by atoms with Gasteiger partial charge in [0.05, 0.1) is 5.69 Å². The Morgan fingerprint density at radius 2 is 2.24 bits per heavy atom. The van der Waals surface area contributed by atoms with E-state index in [9.17, 15) is 10.1 Å². The number of carbonyl (C=O) groups excluding carboxylic acids is 1. The third-order valence-electron chi connectivity index (χ3n) is 3.03. The van der Waals surface area contributed by atoms with Crippen molar-refractivity contribution in [2.75, 3.05) is 18.1 Å². The number of benzene rings is 1. The zero-order chi connectivity index (χ0) is 15.4. The number of amides is 1. The molecule has 0 unspecified atom stereocenters. The zero-order valence-corrected chi connectivity index (χ0v) is 12.7. The van der Waals surface area contributed by atoms with Crippen LogP contribution in [0.15, 0.2) is 24.3 Å². The predicted octanol–water partition coefficient (Wildman–Crippen LogP) is 2.48. The summed E-state index contributed by atoms with van der Waals surface area (Å²) in [4.78, 5) is 12.1. The van der Waals surface area contributed by atoms with Crippen LogP contribution in [-0.2, 0) is 6.54 Å². The molecule has 1 amide bonds. The van der Waals surface area contributed by atoms with Gasteiger partial charge in [-0.15, -0.1) is 11.3 Å². The van der Waals surface area contributed by atoms with Gasteiger partial charge in [-0.1, -0.05) is 29.8 Å². The Hall–Kier alpha value is -2.52. The normalized spacial score (nSPS) is 9.95. The summed E-state index contributed by atoms with van der Waals surface area (Å²) in [6.07, 6.45) is 0. The van der Waals surface area contributed by atoms with Crippen molar-refractivity contribution in [3.63, 3.8) is 0 Å². The van der Waals surface area contributed by atoms with Crippen LogP contribution >= 0.6 is 11.3 Å². The third-order valence-corrected chi connectivity index (χ3v) is 4.19. The molecule has 0 bridgehead atoms. The first-order valence-electron chi connectivity index (χ1n) is 6.40. The van der Waals surface area contributed by atoms with Crippen molar-refractivity contribution < 1.29 is 4.79 Å².